The van der Waals surface area contributed by atoms with Gasteiger partial charge in [0.05, 0.1) is 0 Å². The van der Waals surface area contributed by atoms with Crippen molar-refractivity contribution < 1.29 is 0 Å². The van der Waals surface area contributed by atoms with Gasteiger partial charge < -0.3 is 0 Å². The Kier molecular flexibility index (Phi) is 6.00. The van der Waals surface area contributed by atoms with E-state index in [9.17, 15) is 0 Å². The van der Waals surface area contributed by atoms with Crippen molar-refractivity contribution in [1.82, 2.24) is 4.90 Å². The molecule has 1 aliphatic rings. The molecule has 0 radical (unpaired) electrons. The lowest BCUT2D eigenvalue weighted by atomic mass is 9.94. The predicted molar refractivity (Wildman–Crippen MR) is 82.1 cm³/mol. The highest BCUT2D eigenvalue weighted by Gasteiger charge is 2.20. The number of halogens is 2. The fraction of sp³-hybridized carbons (Fsp3) is 0.600. The van der Waals surface area contributed by atoms with Gasteiger partial charge in [-0.25, -0.2) is 0 Å². The van der Waals surface area contributed by atoms with Crippen LogP contribution in [0.15, 0.2) is 28.7 Å². The summed E-state index contributed by atoms with van der Waals surface area (Å²) in [7, 11) is 0. The summed E-state index contributed by atoms with van der Waals surface area (Å²) in [5.74, 6) is 0.729. The summed E-state index contributed by atoms with van der Waals surface area (Å²) < 4.78 is 1.15. The molecule has 0 aliphatic heterocycles. The Morgan fingerprint density at radius 2 is 1.78 bits per heavy atom. The van der Waals surface area contributed by atoms with Crippen molar-refractivity contribution >= 4 is 27.5 Å². The number of hydrogen-bond donors (Lipinski definition) is 0. The molecule has 0 aromatic heterocycles. The first-order valence-electron chi connectivity index (χ1n) is 6.84. The van der Waals surface area contributed by atoms with Crippen LogP contribution in [0.4, 0.5) is 0 Å². The highest BCUT2D eigenvalue weighted by atomic mass is 79.9. The lowest BCUT2D eigenvalue weighted by molar-refractivity contribution is 0.157. The van der Waals surface area contributed by atoms with Crippen LogP contribution in [0.1, 0.15) is 37.7 Å². The summed E-state index contributed by atoms with van der Waals surface area (Å²) in [6.45, 7) is 2.03. The second kappa shape index (κ2) is 7.52. The molecule has 0 amide bonds. The van der Waals surface area contributed by atoms with Crippen LogP contribution >= 0.6 is 27.5 Å². The maximum atomic E-state index is 5.96. The molecule has 1 aromatic carbocycles. The van der Waals surface area contributed by atoms with Gasteiger partial charge in [0, 0.05) is 29.5 Å². The minimum absolute atomic E-state index is 0.729. The fourth-order valence-electron chi connectivity index (χ4n) is 2.77. The van der Waals surface area contributed by atoms with Crippen LogP contribution < -0.4 is 0 Å². The summed E-state index contributed by atoms with van der Waals surface area (Å²) in [6, 6.07) is 9.38. The average molecular weight is 331 g/mol. The molecule has 0 heterocycles. The topological polar surface area (TPSA) is 3.24 Å². The molecule has 1 aliphatic carbocycles. The van der Waals surface area contributed by atoms with E-state index in [0.29, 0.717) is 0 Å². The van der Waals surface area contributed by atoms with Gasteiger partial charge in [0.25, 0.3) is 0 Å². The number of nitrogens with zero attached hydrogens (tertiary/aromatic N) is 1. The normalized spacial score (nSPS) is 17.3. The lowest BCUT2D eigenvalue weighted by Gasteiger charge is -2.34. The molecule has 0 unspecified atom stereocenters. The van der Waals surface area contributed by atoms with Crippen molar-refractivity contribution in [2.24, 2.45) is 0 Å². The minimum Gasteiger partial charge on any atom is -0.295 e. The van der Waals surface area contributed by atoms with Crippen molar-refractivity contribution in [1.29, 1.82) is 0 Å². The Morgan fingerprint density at radius 1 is 1.11 bits per heavy atom. The van der Waals surface area contributed by atoms with E-state index in [0.717, 1.165) is 29.5 Å². The third-order valence-electron chi connectivity index (χ3n) is 3.76. The van der Waals surface area contributed by atoms with E-state index >= 15 is 0 Å². The number of rotatable bonds is 5. The molecule has 0 N–H and O–H groups in total. The molecule has 0 spiro atoms. The van der Waals surface area contributed by atoms with Crippen molar-refractivity contribution in [2.75, 3.05) is 12.4 Å². The van der Waals surface area contributed by atoms with E-state index in [1.54, 1.807) is 0 Å². The Bertz CT molecular complexity index is 346. The third kappa shape index (κ3) is 4.25. The molecule has 18 heavy (non-hydrogen) atoms. The molecule has 1 saturated carbocycles. The average Bonchev–Trinajstić information content (AvgIpc) is 2.42. The highest BCUT2D eigenvalue weighted by Crippen LogP contribution is 2.24. The quantitative estimate of drug-likeness (QED) is 0.699. The van der Waals surface area contributed by atoms with E-state index in [1.807, 2.05) is 0 Å². The molecule has 0 bridgehead atoms. The standard InChI is InChI=1S/C15H21BrClN/c16-14-8-6-13(7-9-14)12-18(11-10-17)15-4-2-1-3-5-15/h6-9,15H,1-5,10-12H2. The summed E-state index contributed by atoms with van der Waals surface area (Å²) in [5.41, 5.74) is 1.38. The monoisotopic (exact) mass is 329 g/mol. The second-order valence-electron chi connectivity index (χ2n) is 5.08. The van der Waals surface area contributed by atoms with E-state index in [-0.39, 0.29) is 0 Å². The van der Waals surface area contributed by atoms with Crippen LogP contribution in [0.2, 0.25) is 0 Å². The SMILES string of the molecule is ClCCN(Cc1ccc(Br)cc1)C1CCCCC1. The molecule has 0 saturated heterocycles. The van der Waals surface area contributed by atoms with Gasteiger partial charge in [-0.3, -0.25) is 4.90 Å². The molecule has 0 atom stereocenters. The van der Waals surface area contributed by atoms with E-state index in [1.165, 1.54) is 37.7 Å². The third-order valence-corrected chi connectivity index (χ3v) is 4.46. The predicted octanol–water partition coefficient (Wildman–Crippen LogP) is 4.82. The van der Waals surface area contributed by atoms with Gasteiger partial charge in [-0.2, -0.15) is 0 Å². The molecule has 1 fully saturated rings. The van der Waals surface area contributed by atoms with E-state index in [4.69, 9.17) is 11.6 Å². The fourth-order valence-corrected chi connectivity index (χ4v) is 3.25. The van der Waals surface area contributed by atoms with E-state index < -0.39 is 0 Å². The number of alkyl halides is 1. The summed E-state index contributed by atoms with van der Waals surface area (Å²) in [6.07, 6.45) is 6.85. The van der Waals surface area contributed by atoms with Gasteiger partial charge in [0.15, 0.2) is 0 Å². The van der Waals surface area contributed by atoms with Gasteiger partial charge in [0.2, 0.25) is 0 Å². The molecule has 100 valence electrons. The molecular formula is C15H21BrClN. The first-order valence-corrected chi connectivity index (χ1v) is 8.17. The molecule has 1 nitrogen and oxygen atoms in total. The zero-order chi connectivity index (χ0) is 12.8. The van der Waals surface area contributed by atoms with Gasteiger partial charge in [0.1, 0.15) is 0 Å². The van der Waals surface area contributed by atoms with Crippen LogP contribution in [-0.4, -0.2) is 23.4 Å². The van der Waals surface area contributed by atoms with Gasteiger partial charge in [-0.1, -0.05) is 47.3 Å². The second-order valence-corrected chi connectivity index (χ2v) is 6.37. The van der Waals surface area contributed by atoms with Crippen LogP contribution in [-0.2, 0) is 6.54 Å². The molecule has 1 aromatic rings. The Hall–Kier alpha value is -0.0500. The molecular weight excluding hydrogens is 310 g/mol. The van der Waals surface area contributed by atoms with Crippen molar-refractivity contribution in [3.8, 4) is 0 Å². The van der Waals surface area contributed by atoms with Crippen LogP contribution in [0.25, 0.3) is 0 Å². The maximum absolute atomic E-state index is 5.96. The minimum atomic E-state index is 0.729. The summed E-state index contributed by atoms with van der Waals surface area (Å²) >= 11 is 9.44. The van der Waals surface area contributed by atoms with Gasteiger partial charge in [-0.05, 0) is 30.5 Å². The first kappa shape index (κ1) is 14.4. The smallest absolute Gasteiger partial charge is 0.0351 e. The largest absolute Gasteiger partial charge is 0.295 e. The Morgan fingerprint density at radius 3 is 2.39 bits per heavy atom. The van der Waals surface area contributed by atoms with Crippen molar-refractivity contribution in [3.63, 3.8) is 0 Å². The van der Waals surface area contributed by atoms with Crippen LogP contribution in [0.5, 0.6) is 0 Å². The van der Waals surface area contributed by atoms with Crippen molar-refractivity contribution in [2.45, 2.75) is 44.7 Å². The number of benzene rings is 1. The summed E-state index contributed by atoms with van der Waals surface area (Å²) in [5, 5.41) is 0. The maximum Gasteiger partial charge on any atom is 0.0351 e. The highest BCUT2D eigenvalue weighted by molar-refractivity contribution is 9.10. The first-order chi connectivity index (χ1) is 8.79. The van der Waals surface area contributed by atoms with E-state index in [2.05, 4.69) is 45.1 Å². The lowest BCUT2D eigenvalue weighted by Crippen LogP contribution is -2.37. The van der Waals surface area contributed by atoms with Gasteiger partial charge >= 0.3 is 0 Å². The van der Waals surface area contributed by atoms with Crippen LogP contribution in [0.3, 0.4) is 0 Å². The number of hydrogen-bond acceptors (Lipinski definition) is 1. The van der Waals surface area contributed by atoms with Gasteiger partial charge in [-0.15, -0.1) is 11.6 Å². The molecule has 3 heteroatoms. The zero-order valence-corrected chi connectivity index (χ0v) is 13.1. The molecule has 2 rings (SSSR count). The zero-order valence-electron chi connectivity index (χ0n) is 10.7. The Labute approximate surface area is 124 Å². The van der Waals surface area contributed by atoms with Crippen molar-refractivity contribution in [3.05, 3.63) is 34.3 Å². The van der Waals surface area contributed by atoms with Crippen LogP contribution in [0, 0.1) is 0 Å². The summed E-state index contributed by atoms with van der Waals surface area (Å²) in [4.78, 5) is 2.56. The Balaban J connectivity index is 1.98.